The lowest BCUT2D eigenvalue weighted by molar-refractivity contribution is 0.0944. The van der Waals surface area contributed by atoms with E-state index in [2.05, 4.69) is 22.2 Å². The van der Waals surface area contributed by atoms with Crippen molar-refractivity contribution in [2.45, 2.75) is 52.4 Å². The van der Waals surface area contributed by atoms with E-state index in [1.165, 1.54) is 32.1 Å². The number of H-pyrrole nitrogens is 1. The smallest absolute Gasteiger partial charge is 0.255 e. The molecule has 0 radical (unpaired) electrons. The number of aromatic amines is 1. The Hall–Kier alpha value is -2.56. The second kappa shape index (κ2) is 7.59. The third kappa shape index (κ3) is 3.64. The quantitative estimate of drug-likeness (QED) is 0.690. The van der Waals surface area contributed by atoms with Crippen LogP contribution in [0.5, 0.6) is 0 Å². The Kier molecular flexibility index (Phi) is 5.01. The monoisotopic (exact) mass is 365 g/mol. The highest BCUT2D eigenvalue weighted by molar-refractivity contribution is 6.06. The average Bonchev–Trinajstić information content (AvgIpc) is 3.29. The zero-order chi connectivity index (χ0) is 18.8. The maximum atomic E-state index is 12.9. The van der Waals surface area contributed by atoms with Crippen molar-refractivity contribution in [1.82, 2.24) is 15.3 Å². The van der Waals surface area contributed by atoms with Crippen LogP contribution in [-0.2, 0) is 6.42 Å². The van der Waals surface area contributed by atoms with Crippen LogP contribution in [0, 0.1) is 19.8 Å². The minimum Gasteiger partial charge on any atom is -0.460 e. The molecule has 5 nitrogen and oxygen atoms in total. The maximum absolute atomic E-state index is 12.9. The van der Waals surface area contributed by atoms with E-state index >= 15 is 0 Å². The van der Waals surface area contributed by atoms with E-state index in [4.69, 9.17) is 4.42 Å². The van der Waals surface area contributed by atoms with Gasteiger partial charge in [-0.2, -0.15) is 0 Å². The number of furan rings is 1. The fourth-order valence-corrected chi connectivity index (χ4v) is 4.17. The van der Waals surface area contributed by atoms with E-state index in [-0.39, 0.29) is 5.91 Å². The van der Waals surface area contributed by atoms with Crippen LogP contribution in [0.1, 0.15) is 65.2 Å². The zero-order valence-electron chi connectivity index (χ0n) is 16.1. The number of imidazole rings is 1. The molecule has 142 valence electrons. The van der Waals surface area contributed by atoms with Crippen molar-refractivity contribution in [1.29, 1.82) is 0 Å². The van der Waals surface area contributed by atoms with Gasteiger partial charge in [0, 0.05) is 30.7 Å². The van der Waals surface area contributed by atoms with Gasteiger partial charge in [-0.25, -0.2) is 4.98 Å². The van der Waals surface area contributed by atoms with Crippen LogP contribution in [-0.4, -0.2) is 22.4 Å². The molecule has 0 spiro atoms. The number of aromatic nitrogens is 2. The van der Waals surface area contributed by atoms with E-state index in [0.717, 1.165) is 34.6 Å². The van der Waals surface area contributed by atoms with Gasteiger partial charge in [0.05, 0.1) is 5.56 Å². The molecule has 2 aromatic heterocycles. The molecule has 1 aliphatic carbocycles. The van der Waals surface area contributed by atoms with Gasteiger partial charge in [-0.1, -0.05) is 25.3 Å². The number of fused-ring (bicyclic) bond motifs is 1. The first-order valence-corrected chi connectivity index (χ1v) is 9.91. The summed E-state index contributed by atoms with van der Waals surface area (Å²) in [6.45, 7) is 4.76. The second-order valence-corrected chi connectivity index (χ2v) is 7.69. The Balaban J connectivity index is 1.61. The first-order valence-electron chi connectivity index (χ1n) is 9.91. The number of hydrogen-bond acceptors (Lipinski definition) is 3. The number of carbonyl (C=O) groups is 1. The Morgan fingerprint density at radius 1 is 1.26 bits per heavy atom. The van der Waals surface area contributed by atoms with Crippen LogP contribution in [0.25, 0.3) is 11.0 Å². The molecule has 2 heterocycles. The lowest BCUT2D eigenvalue weighted by Crippen LogP contribution is -2.30. The fourth-order valence-electron chi connectivity index (χ4n) is 4.17. The minimum absolute atomic E-state index is 0.0381. The van der Waals surface area contributed by atoms with Crippen LogP contribution in [0.2, 0.25) is 0 Å². The molecule has 2 N–H and O–H groups in total. The largest absolute Gasteiger partial charge is 0.460 e. The molecule has 1 fully saturated rings. The Bertz CT molecular complexity index is 934. The normalized spacial score (nSPS) is 15.3. The summed E-state index contributed by atoms with van der Waals surface area (Å²) in [5, 5.41) is 4.17. The van der Waals surface area contributed by atoms with Crippen LogP contribution in [0.3, 0.4) is 0 Å². The van der Waals surface area contributed by atoms with Gasteiger partial charge in [0.15, 0.2) is 0 Å². The summed E-state index contributed by atoms with van der Waals surface area (Å²) in [5.41, 5.74) is 3.53. The van der Waals surface area contributed by atoms with Gasteiger partial charge in [-0.15, -0.1) is 0 Å². The molecule has 1 amide bonds. The van der Waals surface area contributed by atoms with Crippen molar-refractivity contribution >= 4 is 16.9 Å². The van der Waals surface area contributed by atoms with Gasteiger partial charge in [0.25, 0.3) is 5.91 Å². The SMILES string of the molecule is Cc1oc2c(C(=O)NCC3CCCCC3)ccc(Cc3ncc[nH]3)c2c1C. The number of amides is 1. The van der Waals surface area contributed by atoms with Gasteiger partial charge >= 0.3 is 0 Å². The van der Waals surface area contributed by atoms with Gasteiger partial charge in [-0.3, -0.25) is 4.79 Å². The lowest BCUT2D eigenvalue weighted by atomic mass is 9.89. The maximum Gasteiger partial charge on any atom is 0.255 e. The number of hydrogen-bond donors (Lipinski definition) is 2. The van der Waals surface area contributed by atoms with Crippen LogP contribution >= 0.6 is 0 Å². The van der Waals surface area contributed by atoms with Crippen molar-refractivity contribution < 1.29 is 9.21 Å². The molecule has 0 atom stereocenters. The third-order valence-electron chi connectivity index (χ3n) is 5.84. The topological polar surface area (TPSA) is 70.9 Å². The molecule has 5 heteroatoms. The van der Waals surface area contributed by atoms with Gasteiger partial charge in [0.1, 0.15) is 17.2 Å². The van der Waals surface area contributed by atoms with Crippen LogP contribution < -0.4 is 5.32 Å². The Morgan fingerprint density at radius 2 is 2.07 bits per heavy atom. The third-order valence-corrected chi connectivity index (χ3v) is 5.84. The molecule has 0 bridgehead atoms. The summed E-state index contributed by atoms with van der Waals surface area (Å²) in [6.07, 6.45) is 10.6. The van der Waals surface area contributed by atoms with Gasteiger partial charge in [0.2, 0.25) is 0 Å². The van der Waals surface area contributed by atoms with Crippen molar-refractivity contribution in [3.8, 4) is 0 Å². The fraction of sp³-hybridized carbons (Fsp3) is 0.455. The van der Waals surface area contributed by atoms with Crippen molar-refractivity contribution in [3.63, 3.8) is 0 Å². The lowest BCUT2D eigenvalue weighted by Gasteiger charge is -2.21. The molecular weight excluding hydrogens is 338 g/mol. The Labute approximate surface area is 159 Å². The number of benzene rings is 1. The van der Waals surface area contributed by atoms with E-state index in [9.17, 15) is 4.79 Å². The number of nitrogens with zero attached hydrogens (tertiary/aromatic N) is 1. The summed E-state index contributed by atoms with van der Waals surface area (Å²) in [4.78, 5) is 20.3. The first-order chi connectivity index (χ1) is 13.1. The molecule has 0 unspecified atom stereocenters. The molecule has 3 aromatic rings. The highest BCUT2D eigenvalue weighted by atomic mass is 16.3. The summed E-state index contributed by atoms with van der Waals surface area (Å²) in [7, 11) is 0. The number of rotatable bonds is 5. The summed E-state index contributed by atoms with van der Waals surface area (Å²) in [5.74, 6) is 2.34. The summed E-state index contributed by atoms with van der Waals surface area (Å²) >= 11 is 0. The van der Waals surface area contributed by atoms with Crippen LogP contribution in [0.15, 0.2) is 28.9 Å². The highest BCUT2D eigenvalue weighted by Crippen LogP contribution is 2.32. The molecule has 1 aromatic carbocycles. The summed E-state index contributed by atoms with van der Waals surface area (Å²) < 4.78 is 6.01. The molecule has 1 saturated carbocycles. The molecule has 27 heavy (non-hydrogen) atoms. The number of carbonyl (C=O) groups excluding carboxylic acids is 1. The minimum atomic E-state index is -0.0381. The zero-order valence-corrected chi connectivity index (χ0v) is 16.1. The van der Waals surface area contributed by atoms with E-state index in [0.29, 0.717) is 23.5 Å². The van der Waals surface area contributed by atoms with Crippen molar-refractivity contribution in [2.24, 2.45) is 5.92 Å². The predicted molar refractivity (Wildman–Crippen MR) is 106 cm³/mol. The van der Waals surface area contributed by atoms with Crippen molar-refractivity contribution in [2.75, 3.05) is 6.54 Å². The van der Waals surface area contributed by atoms with Crippen molar-refractivity contribution in [3.05, 3.63) is 52.8 Å². The summed E-state index contributed by atoms with van der Waals surface area (Å²) in [6, 6.07) is 3.92. The molecular formula is C22H27N3O2. The number of nitrogens with one attached hydrogen (secondary N) is 2. The highest BCUT2D eigenvalue weighted by Gasteiger charge is 2.21. The van der Waals surface area contributed by atoms with Gasteiger partial charge < -0.3 is 14.7 Å². The number of aryl methyl sites for hydroxylation is 2. The Morgan fingerprint density at radius 3 is 2.81 bits per heavy atom. The van der Waals surface area contributed by atoms with Crippen LogP contribution in [0.4, 0.5) is 0 Å². The van der Waals surface area contributed by atoms with E-state index in [1.54, 1.807) is 6.20 Å². The molecule has 4 rings (SSSR count). The van der Waals surface area contributed by atoms with Gasteiger partial charge in [-0.05, 0) is 49.8 Å². The second-order valence-electron chi connectivity index (χ2n) is 7.69. The van der Waals surface area contributed by atoms with E-state index < -0.39 is 0 Å². The van der Waals surface area contributed by atoms with E-state index in [1.807, 2.05) is 25.3 Å². The molecule has 0 saturated heterocycles. The standard InChI is InChI=1S/C22H27N3O2/c1-14-15(2)27-21-18(22(26)25-13-16-6-4-3-5-7-16)9-8-17(20(14)21)12-19-23-10-11-24-19/h8-11,16H,3-7,12-13H2,1-2H3,(H,23,24)(H,25,26). The molecule has 0 aliphatic heterocycles. The first kappa shape index (κ1) is 17.8. The average molecular weight is 365 g/mol. The molecule has 1 aliphatic rings. The predicted octanol–water partition coefficient (Wildman–Crippen LogP) is 4.67.